The molecule has 1 atom stereocenters. The van der Waals surface area contributed by atoms with Gasteiger partial charge in [0.25, 0.3) is 5.92 Å². The number of anilines is 2. The second-order valence-corrected chi connectivity index (χ2v) is 9.54. The van der Waals surface area contributed by atoms with Crippen LogP contribution in [0, 0.1) is 13.8 Å². The van der Waals surface area contributed by atoms with Gasteiger partial charge < -0.3 is 10.6 Å². The smallest absolute Gasteiger partial charge is 0.273 e. The molecule has 0 saturated heterocycles. The molecule has 0 bridgehead atoms. The number of benzene rings is 3. The van der Waals surface area contributed by atoms with E-state index in [1.54, 1.807) is 24.5 Å². The second kappa shape index (κ2) is 11.5. The Morgan fingerprint density at radius 3 is 2.29 bits per heavy atom. The Morgan fingerprint density at radius 1 is 0.947 bits per heavy atom. The monoisotopic (exact) mass is 514 g/mol. The summed E-state index contributed by atoms with van der Waals surface area (Å²) in [5.74, 6) is -2.41. The van der Waals surface area contributed by atoms with Crippen molar-refractivity contribution in [2.45, 2.75) is 52.5 Å². The molecule has 0 radical (unpaired) electrons. The van der Waals surface area contributed by atoms with E-state index >= 15 is 0 Å². The molecule has 4 aromatic rings. The summed E-state index contributed by atoms with van der Waals surface area (Å²) < 4.78 is 27.6. The Labute approximate surface area is 222 Å². The molecule has 0 aliphatic carbocycles. The maximum atomic E-state index is 13.8. The van der Waals surface area contributed by atoms with Gasteiger partial charge in [-0.3, -0.25) is 9.78 Å². The molecule has 1 amide bonds. The maximum Gasteiger partial charge on any atom is 0.273 e. The van der Waals surface area contributed by atoms with Crippen LogP contribution in [0.2, 0.25) is 0 Å². The fourth-order valence-corrected chi connectivity index (χ4v) is 4.42. The summed E-state index contributed by atoms with van der Waals surface area (Å²) in [6, 6.07) is 19.7. The summed E-state index contributed by atoms with van der Waals surface area (Å²) in [6.07, 6.45) is 3.14. The van der Waals surface area contributed by atoms with Crippen LogP contribution in [0.25, 0.3) is 11.3 Å². The van der Waals surface area contributed by atoms with E-state index in [1.165, 1.54) is 35.7 Å². The van der Waals surface area contributed by atoms with Crippen LogP contribution < -0.4 is 10.6 Å². The van der Waals surface area contributed by atoms with Crippen LogP contribution in [0.5, 0.6) is 0 Å². The van der Waals surface area contributed by atoms with E-state index < -0.39 is 5.92 Å². The van der Waals surface area contributed by atoms with Crippen molar-refractivity contribution in [2.75, 3.05) is 10.6 Å². The number of halogens is 2. The lowest BCUT2D eigenvalue weighted by Crippen LogP contribution is -2.15. The van der Waals surface area contributed by atoms with Crippen molar-refractivity contribution in [3.8, 4) is 11.3 Å². The Bertz CT molecular complexity index is 1400. The number of hydrogen-bond donors (Lipinski definition) is 2. The zero-order chi connectivity index (χ0) is 27.3. The largest absolute Gasteiger partial charge is 0.362 e. The molecule has 5 nitrogen and oxygen atoms in total. The highest BCUT2D eigenvalue weighted by Crippen LogP contribution is 2.32. The van der Waals surface area contributed by atoms with Crippen LogP contribution in [-0.4, -0.2) is 15.9 Å². The standard InChI is InChI=1S/C31H32F2N4O/c1-5-31(32,33)25-11-7-23(8-12-25)19-28(38)37-26-13-9-24(10-14-26)29-30(35-17-16-34-29)36-22(4)27-15-6-20(2)18-21(27)3/h6-18,22H,5,19H2,1-4H3,(H,35,36)(H,37,38)/t22-/m0/s1. The van der Waals surface area contributed by atoms with E-state index in [2.05, 4.69) is 59.6 Å². The van der Waals surface area contributed by atoms with Gasteiger partial charge in [0.1, 0.15) is 5.69 Å². The molecule has 0 aliphatic rings. The van der Waals surface area contributed by atoms with Crippen molar-refractivity contribution in [1.29, 1.82) is 0 Å². The van der Waals surface area contributed by atoms with E-state index in [0.717, 1.165) is 5.56 Å². The van der Waals surface area contributed by atoms with Crippen molar-refractivity contribution in [3.63, 3.8) is 0 Å². The zero-order valence-corrected chi connectivity index (χ0v) is 22.1. The molecule has 1 heterocycles. The van der Waals surface area contributed by atoms with Crippen molar-refractivity contribution in [3.05, 3.63) is 107 Å². The van der Waals surface area contributed by atoms with Crippen LogP contribution in [0.15, 0.2) is 79.1 Å². The number of aryl methyl sites for hydroxylation is 2. The fourth-order valence-electron chi connectivity index (χ4n) is 4.42. The predicted molar refractivity (Wildman–Crippen MR) is 148 cm³/mol. The normalized spacial score (nSPS) is 12.2. The van der Waals surface area contributed by atoms with E-state index in [4.69, 9.17) is 0 Å². The first-order valence-corrected chi connectivity index (χ1v) is 12.7. The second-order valence-electron chi connectivity index (χ2n) is 9.54. The van der Waals surface area contributed by atoms with Crippen LogP contribution >= 0.6 is 0 Å². The summed E-state index contributed by atoms with van der Waals surface area (Å²) in [7, 11) is 0. The quantitative estimate of drug-likeness (QED) is 0.241. The van der Waals surface area contributed by atoms with Crippen molar-refractivity contribution in [2.24, 2.45) is 0 Å². The SMILES string of the molecule is CCC(F)(F)c1ccc(CC(=O)Nc2ccc(-c3nccnc3N[C@@H](C)c3ccc(C)cc3C)cc2)cc1. The lowest BCUT2D eigenvalue weighted by atomic mass is 10.00. The summed E-state index contributed by atoms with van der Waals surface area (Å²) in [6.45, 7) is 7.72. The van der Waals surface area contributed by atoms with Gasteiger partial charge in [-0.25, -0.2) is 13.8 Å². The van der Waals surface area contributed by atoms with Gasteiger partial charge in [-0.15, -0.1) is 0 Å². The Balaban J connectivity index is 1.42. The predicted octanol–water partition coefficient (Wildman–Crippen LogP) is 7.62. The van der Waals surface area contributed by atoms with Gasteiger partial charge >= 0.3 is 0 Å². The number of rotatable bonds is 9. The number of aromatic nitrogens is 2. The summed E-state index contributed by atoms with van der Waals surface area (Å²) >= 11 is 0. The number of hydrogen-bond acceptors (Lipinski definition) is 4. The third kappa shape index (κ3) is 6.40. The van der Waals surface area contributed by atoms with Gasteiger partial charge in [-0.1, -0.05) is 67.1 Å². The molecule has 0 fully saturated rings. The van der Waals surface area contributed by atoms with Gasteiger partial charge in [0.15, 0.2) is 5.82 Å². The van der Waals surface area contributed by atoms with Gasteiger partial charge in [-0.2, -0.15) is 0 Å². The number of nitrogens with zero attached hydrogens (tertiary/aromatic N) is 2. The highest BCUT2D eigenvalue weighted by Gasteiger charge is 2.28. The lowest BCUT2D eigenvalue weighted by Gasteiger charge is -2.19. The molecule has 38 heavy (non-hydrogen) atoms. The minimum Gasteiger partial charge on any atom is -0.362 e. The molecule has 2 N–H and O–H groups in total. The first-order valence-electron chi connectivity index (χ1n) is 12.7. The number of amides is 1. The molecule has 7 heteroatoms. The molecule has 4 rings (SSSR count). The molecule has 196 valence electrons. The number of nitrogens with one attached hydrogen (secondary N) is 2. The van der Waals surface area contributed by atoms with Crippen LogP contribution in [0.3, 0.4) is 0 Å². The highest BCUT2D eigenvalue weighted by atomic mass is 19.3. The third-order valence-corrected chi connectivity index (χ3v) is 6.57. The molecule has 0 spiro atoms. The average molecular weight is 515 g/mol. The molecule has 0 unspecified atom stereocenters. The molecule has 0 saturated carbocycles. The number of alkyl halides is 2. The zero-order valence-electron chi connectivity index (χ0n) is 22.1. The summed E-state index contributed by atoms with van der Waals surface area (Å²) in [4.78, 5) is 21.6. The van der Waals surface area contributed by atoms with E-state index in [-0.39, 0.29) is 30.4 Å². The van der Waals surface area contributed by atoms with Crippen LogP contribution in [0.1, 0.15) is 54.1 Å². The minimum absolute atomic E-state index is 0.0341. The molecule has 3 aromatic carbocycles. The first kappa shape index (κ1) is 26.9. The van der Waals surface area contributed by atoms with Crippen molar-refractivity contribution < 1.29 is 13.6 Å². The highest BCUT2D eigenvalue weighted by molar-refractivity contribution is 5.92. The maximum absolute atomic E-state index is 13.8. The van der Waals surface area contributed by atoms with Gasteiger partial charge in [0.05, 0.1) is 12.5 Å². The number of carbonyl (C=O) groups excluding carboxylic acids is 1. The van der Waals surface area contributed by atoms with Crippen LogP contribution in [-0.2, 0) is 17.1 Å². The third-order valence-electron chi connectivity index (χ3n) is 6.57. The van der Waals surface area contributed by atoms with Crippen molar-refractivity contribution in [1.82, 2.24) is 9.97 Å². The molecule has 0 aliphatic heterocycles. The van der Waals surface area contributed by atoms with Crippen molar-refractivity contribution >= 4 is 17.4 Å². The van der Waals surface area contributed by atoms with E-state index in [9.17, 15) is 13.6 Å². The minimum atomic E-state index is -2.86. The first-order chi connectivity index (χ1) is 18.2. The molecular weight excluding hydrogens is 482 g/mol. The van der Waals surface area contributed by atoms with E-state index in [0.29, 0.717) is 22.8 Å². The van der Waals surface area contributed by atoms with Crippen LogP contribution in [0.4, 0.5) is 20.3 Å². The van der Waals surface area contributed by atoms with Gasteiger partial charge in [0, 0.05) is 35.6 Å². The lowest BCUT2D eigenvalue weighted by molar-refractivity contribution is -0.115. The Hall–Kier alpha value is -4.13. The summed E-state index contributed by atoms with van der Waals surface area (Å²) in [5.41, 5.74) is 6.47. The summed E-state index contributed by atoms with van der Waals surface area (Å²) in [5, 5.41) is 6.35. The number of carbonyl (C=O) groups is 1. The molecular formula is C31H32F2N4O. The van der Waals surface area contributed by atoms with E-state index in [1.807, 2.05) is 24.3 Å². The average Bonchev–Trinajstić information content (AvgIpc) is 2.89. The Morgan fingerprint density at radius 2 is 1.63 bits per heavy atom. The molecule has 1 aromatic heterocycles. The topological polar surface area (TPSA) is 66.9 Å². The fraction of sp³-hybridized carbons (Fsp3) is 0.258. The van der Waals surface area contributed by atoms with Gasteiger partial charge in [-0.05, 0) is 49.6 Å². The van der Waals surface area contributed by atoms with Gasteiger partial charge in [0.2, 0.25) is 5.91 Å². The Kier molecular flexibility index (Phi) is 8.15.